The SMILES string of the molecule is CCCc1cc(C(=O)Nc2ccc(-c3nnc4n3CCCCC4)cc2)sc1C. The van der Waals surface area contributed by atoms with Crippen molar-refractivity contribution >= 4 is 22.9 Å². The molecule has 1 amide bonds. The van der Waals surface area contributed by atoms with E-state index < -0.39 is 0 Å². The number of nitrogens with zero attached hydrogens (tertiary/aromatic N) is 3. The molecule has 6 heteroatoms. The summed E-state index contributed by atoms with van der Waals surface area (Å²) in [6.45, 7) is 5.23. The number of hydrogen-bond acceptors (Lipinski definition) is 4. The number of thiophene rings is 1. The third-order valence-electron chi connectivity index (χ3n) is 5.27. The highest BCUT2D eigenvalue weighted by molar-refractivity contribution is 7.14. The minimum Gasteiger partial charge on any atom is -0.321 e. The van der Waals surface area contributed by atoms with Gasteiger partial charge >= 0.3 is 0 Å². The van der Waals surface area contributed by atoms with E-state index in [1.807, 2.05) is 30.3 Å². The Hall–Kier alpha value is -2.47. The number of aryl methyl sites for hydroxylation is 3. The molecule has 4 rings (SSSR count). The second-order valence-electron chi connectivity index (χ2n) is 7.38. The normalized spacial score (nSPS) is 13.8. The fraction of sp³-hybridized carbons (Fsp3) is 0.409. The Kier molecular flexibility index (Phi) is 5.57. The average molecular weight is 395 g/mol. The van der Waals surface area contributed by atoms with Crippen molar-refractivity contribution < 1.29 is 4.79 Å². The largest absolute Gasteiger partial charge is 0.321 e. The number of hydrogen-bond donors (Lipinski definition) is 1. The Morgan fingerprint density at radius 3 is 2.79 bits per heavy atom. The summed E-state index contributed by atoms with van der Waals surface area (Å²) >= 11 is 1.57. The fourth-order valence-corrected chi connectivity index (χ4v) is 4.71. The molecular formula is C22H26N4OS. The molecule has 0 atom stereocenters. The minimum atomic E-state index is -0.0421. The zero-order chi connectivity index (χ0) is 19.5. The molecule has 2 aromatic heterocycles. The minimum absolute atomic E-state index is 0.0421. The monoisotopic (exact) mass is 394 g/mol. The highest BCUT2D eigenvalue weighted by Crippen LogP contribution is 2.26. The Morgan fingerprint density at radius 1 is 1.18 bits per heavy atom. The number of rotatable bonds is 5. The zero-order valence-corrected chi connectivity index (χ0v) is 17.3. The molecule has 0 fully saturated rings. The molecule has 1 aromatic carbocycles. The van der Waals surface area contributed by atoms with E-state index in [4.69, 9.17) is 0 Å². The summed E-state index contributed by atoms with van der Waals surface area (Å²) in [6.07, 6.45) is 6.72. The lowest BCUT2D eigenvalue weighted by Gasteiger charge is -2.08. The van der Waals surface area contributed by atoms with Crippen LogP contribution in [0.1, 0.15) is 58.5 Å². The van der Waals surface area contributed by atoms with Crippen molar-refractivity contribution in [2.45, 2.75) is 58.9 Å². The number of carbonyl (C=O) groups is 1. The van der Waals surface area contributed by atoms with Gasteiger partial charge in [-0.25, -0.2) is 0 Å². The lowest BCUT2D eigenvalue weighted by Crippen LogP contribution is -2.10. The molecule has 1 N–H and O–H groups in total. The Bertz CT molecular complexity index is 971. The average Bonchev–Trinajstić information content (AvgIpc) is 3.18. The molecule has 0 bridgehead atoms. The van der Waals surface area contributed by atoms with Crippen molar-refractivity contribution in [3.63, 3.8) is 0 Å². The van der Waals surface area contributed by atoms with E-state index >= 15 is 0 Å². The van der Waals surface area contributed by atoms with Crippen molar-refractivity contribution in [2.75, 3.05) is 5.32 Å². The van der Waals surface area contributed by atoms with E-state index in [2.05, 4.69) is 33.9 Å². The van der Waals surface area contributed by atoms with E-state index in [1.54, 1.807) is 11.3 Å². The van der Waals surface area contributed by atoms with Gasteiger partial charge in [0.15, 0.2) is 5.82 Å². The third-order valence-corrected chi connectivity index (χ3v) is 6.37. The Balaban J connectivity index is 1.49. The highest BCUT2D eigenvalue weighted by atomic mass is 32.1. The van der Waals surface area contributed by atoms with Crippen LogP contribution in [-0.4, -0.2) is 20.7 Å². The second-order valence-corrected chi connectivity index (χ2v) is 8.63. The molecule has 0 aliphatic carbocycles. The molecule has 1 aliphatic heterocycles. The zero-order valence-electron chi connectivity index (χ0n) is 16.5. The van der Waals surface area contributed by atoms with Gasteiger partial charge < -0.3 is 9.88 Å². The van der Waals surface area contributed by atoms with E-state index in [1.165, 1.54) is 29.7 Å². The van der Waals surface area contributed by atoms with Crippen LogP contribution >= 0.6 is 11.3 Å². The molecule has 0 saturated heterocycles. The number of anilines is 1. The predicted octanol–water partition coefficient (Wildman–Crippen LogP) is 5.25. The number of nitrogens with one attached hydrogen (secondary N) is 1. The maximum atomic E-state index is 12.6. The van der Waals surface area contributed by atoms with E-state index in [0.717, 1.165) is 53.6 Å². The summed E-state index contributed by atoms with van der Waals surface area (Å²) in [4.78, 5) is 14.6. The standard InChI is InChI=1S/C22H26N4OS/c1-3-7-17-14-19(28-15(17)2)22(27)23-18-11-9-16(10-12-18)21-25-24-20-8-5-4-6-13-26(20)21/h9-12,14H,3-8,13H2,1-2H3,(H,23,27). The number of benzene rings is 1. The summed E-state index contributed by atoms with van der Waals surface area (Å²) in [5.41, 5.74) is 3.11. The van der Waals surface area contributed by atoms with Gasteiger partial charge in [-0.2, -0.15) is 0 Å². The fourth-order valence-electron chi connectivity index (χ4n) is 3.74. The summed E-state index contributed by atoms with van der Waals surface area (Å²) in [5.74, 6) is 1.97. The van der Waals surface area contributed by atoms with Crippen molar-refractivity contribution in [3.8, 4) is 11.4 Å². The molecule has 0 spiro atoms. The van der Waals surface area contributed by atoms with Crippen LogP contribution in [0.15, 0.2) is 30.3 Å². The van der Waals surface area contributed by atoms with Gasteiger partial charge in [0.1, 0.15) is 5.82 Å². The summed E-state index contributed by atoms with van der Waals surface area (Å²) < 4.78 is 2.24. The predicted molar refractivity (Wildman–Crippen MR) is 114 cm³/mol. The van der Waals surface area contributed by atoms with Crippen LogP contribution in [0.5, 0.6) is 0 Å². The lowest BCUT2D eigenvalue weighted by atomic mass is 10.1. The van der Waals surface area contributed by atoms with E-state index in [-0.39, 0.29) is 5.91 Å². The lowest BCUT2D eigenvalue weighted by molar-refractivity contribution is 0.103. The van der Waals surface area contributed by atoms with Gasteiger partial charge in [0, 0.05) is 29.1 Å². The van der Waals surface area contributed by atoms with Crippen LogP contribution in [-0.2, 0) is 19.4 Å². The molecule has 0 saturated carbocycles. The number of aromatic nitrogens is 3. The van der Waals surface area contributed by atoms with Crippen molar-refractivity contribution in [1.29, 1.82) is 0 Å². The van der Waals surface area contributed by atoms with Crippen LogP contribution in [0, 0.1) is 6.92 Å². The maximum Gasteiger partial charge on any atom is 0.265 e. The van der Waals surface area contributed by atoms with Crippen LogP contribution < -0.4 is 5.32 Å². The van der Waals surface area contributed by atoms with Gasteiger partial charge in [-0.3, -0.25) is 4.79 Å². The highest BCUT2D eigenvalue weighted by Gasteiger charge is 2.16. The molecule has 0 radical (unpaired) electrons. The summed E-state index contributed by atoms with van der Waals surface area (Å²) in [5, 5.41) is 11.8. The van der Waals surface area contributed by atoms with Gasteiger partial charge in [-0.15, -0.1) is 21.5 Å². The maximum absolute atomic E-state index is 12.6. The topological polar surface area (TPSA) is 59.8 Å². The summed E-state index contributed by atoms with van der Waals surface area (Å²) in [7, 11) is 0. The van der Waals surface area contributed by atoms with Crippen molar-refractivity contribution in [2.24, 2.45) is 0 Å². The van der Waals surface area contributed by atoms with Crippen LogP contribution in [0.25, 0.3) is 11.4 Å². The van der Waals surface area contributed by atoms with Gasteiger partial charge in [0.25, 0.3) is 5.91 Å². The van der Waals surface area contributed by atoms with Crippen LogP contribution in [0.2, 0.25) is 0 Å². The van der Waals surface area contributed by atoms with E-state index in [9.17, 15) is 4.79 Å². The summed E-state index contributed by atoms with van der Waals surface area (Å²) in [6, 6.07) is 9.94. The number of amides is 1. The Labute approximate surface area is 169 Å². The van der Waals surface area contributed by atoms with Gasteiger partial charge in [0.2, 0.25) is 0 Å². The number of fused-ring (bicyclic) bond motifs is 1. The smallest absolute Gasteiger partial charge is 0.265 e. The first-order valence-electron chi connectivity index (χ1n) is 10.1. The molecule has 146 valence electrons. The molecule has 28 heavy (non-hydrogen) atoms. The molecule has 3 aromatic rings. The number of carbonyl (C=O) groups excluding carboxylic acids is 1. The van der Waals surface area contributed by atoms with Crippen molar-refractivity contribution in [1.82, 2.24) is 14.8 Å². The van der Waals surface area contributed by atoms with Gasteiger partial charge in [0.05, 0.1) is 4.88 Å². The van der Waals surface area contributed by atoms with Crippen molar-refractivity contribution in [3.05, 3.63) is 51.5 Å². The molecule has 5 nitrogen and oxygen atoms in total. The first-order chi connectivity index (χ1) is 13.7. The molecule has 0 unspecified atom stereocenters. The first kappa shape index (κ1) is 18.9. The van der Waals surface area contributed by atoms with Gasteiger partial charge in [-0.1, -0.05) is 19.8 Å². The quantitative estimate of drug-likeness (QED) is 0.643. The van der Waals surface area contributed by atoms with Crippen LogP contribution in [0.3, 0.4) is 0 Å². The van der Waals surface area contributed by atoms with Gasteiger partial charge in [-0.05, 0) is 62.1 Å². The second kappa shape index (κ2) is 8.27. The molecule has 3 heterocycles. The first-order valence-corrected chi connectivity index (χ1v) is 10.9. The molecule has 1 aliphatic rings. The molecular weight excluding hydrogens is 368 g/mol. The van der Waals surface area contributed by atoms with E-state index in [0.29, 0.717) is 0 Å². The van der Waals surface area contributed by atoms with Crippen LogP contribution in [0.4, 0.5) is 5.69 Å². The Morgan fingerprint density at radius 2 is 2.00 bits per heavy atom. The third kappa shape index (κ3) is 3.87.